The zero-order valence-corrected chi connectivity index (χ0v) is 18.1. The Kier molecular flexibility index (Phi) is 6.71. The molecule has 3 aromatic carbocycles. The van der Waals surface area contributed by atoms with Gasteiger partial charge in [0.1, 0.15) is 10.6 Å². The van der Waals surface area contributed by atoms with Crippen LogP contribution in [-0.4, -0.2) is 42.0 Å². The second kappa shape index (κ2) is 9.02. The van der Waals surface area contributed by atoms with Gasteiger partial charge in [-0.25, -0.2) is 0 Å². The van der Waals surface area contributed by atoms with Crippen LogP contribution >= 0.6 is 0 Å². The van der Waals surface area contributed by atoms with Crippen molar-refractivity contribution in [3.63, 3.8) is 0 Å². The van der Waals surface area contributed by atoms with Crippen molar-refractivity contribution < 1.29 is 53.6 Å². The number of phenols is 1. The number of nitrogens with zero attached hydrogens (tertiary/aromatic N) is 2. The second-order valence-corrected chi connectivity index (χ2v) is 8.51. The molecule has 0 aliphatic heterocycles. The number of rotatable bonds is 6. The number of alkyl halides is 7. The molecule has 0 spiro atoms. The van der Waals surface area contributed by atoms with E-state index in [9.17, 15) is 53.6 Å². The summed E-state index contributed by atoms with van der Waals surface area (Å²) in [5, 5.41) is 18.5. The minimum absolute atomic E-state index is 0.177. The molecule has 0 bridgehead atoms. The van der Waals surface area contributed by atoms with Gasteiger partial charge in [-0.3, -0.25) is 9.35 Å². The quantitative estimate of drug-likeness (QED) is 0.202. The fourth-order valence-electron chi connectivity index (χ4n) is 2.84. The van der Waals surface area contributed by atoms with Gasteiger partial charge in [-0.15, -0.1) is 5.11 Å². The van der Waals surface area contributed by atoms with Crippen LogP contribution in [0.4, 0.5) is 47.8 Å². The van der Waals surface area contributed by atoms with E-state index in [1.807, 2.05) is 0 Å². The molecule has 36 heavy (non-hydrogen) atoms. The lowest BCUT2D eigenvalue weighted by Crippen LogP contribution is -2.57. The molecule has 0 aromatic heterocycles. The van der Waals surface area contributed by atoms with E-state index in [1.54, 1.807) is 18.2 Å². The zero-order valence-electron chi connectivity index (χ0n) is 17.3. The van der Waals surface area contributed by atoms with E-state index in [0.717, 1.165) is 18.2 Å². The maximum atomic E-state index is 13.6. The topological polar surface area (TPSA) is 128 Å². The highest BCUT2D eigenvalue weighted by atomic mass is 32.2. The van der Waals surface area contributed by atoms with E-state index in [4.69, 9.17) is 0 Å². The minimum Gasteiger partial charge on any atom is -0.505 e. The fraction of sp³-hybridized carbons (Fsp3) is 0.150. The number of phenolic OH excluding ortho intramolecular Hbond substituents is 1. The Labute approximate surface area is 196 Å². The van der Waals surface area contributed by atoms with Crippen molar-refractivity contribution in [2.24, 2.45) is 10.2 Å². The average molecular weight is 539 g/mol. The van der Waals surface area contributed by atoms with E-state index in [-0.39, 0.29) is 11.1 Å². The van der Waals surface area contributed by atoms with Crippen molar-refractivity contribution in [3.8, 4) is 5.75 Å². The maximum Gasteiger partial charge on any atom is 0.460 e. The minimum atomic E-state index is -6.74. The largest absolute Gasteiger partial charge is 0.505 e. The van der Waals surface area contributed by atoms with Crippen LogP contribution < -0.4 is 5.32 Å². The summed E-state index contributed by atoms with van der Waals surface area (Å²) in [4.78, 5) is 10.7. The summed E-state index contributed by atoms with van der Waals surface area (Å²) < 4.78 is 124. The Morgan fingerprint density at radius 1 is 0.889 bits per heavy atom. The Morgan fingerprint density at radius 2 is 1.50 bits per heavy atom. The van der Waals surface area contributed by atoms with Gasteiger partial charge in [0, 0.05) is 11.1 Å². The third kappa shape index (κ3) is 4.94. The standard InChI is InChI=1S/C20H12F7N3O5S/c21-18(22,19(23,24)20(25,26)27)17(32)28-12-7-6-10-8-14(36(33,34)35)15(16(31)13(10)9-12)30-29-11-4-2-1-3-5-11/h1-9,31H,(H,28,32)(H,33,34,35). The summed E-state index contributed by atoms with van der Waals surface area (Å²) in [6.45, 7) is 0. The summed E-state index contributed by atoms with van der Waals surface area (Å²) in [7, 11) is -5.00. The molecule has 3 N–H and O–H groups in total. The predicted molar refractivity (Wildman–Crippen MR) is 111 cm³/mol. The number of benzene rings is 3. The lowest BCUT2D eigenvalue weighted by Gasteiger charge is -2.27. The number of nitrogens with one attached hydrogen (secondary N) is 1. The van der Waals surface area contributed by atoms with Crippen molar-refractivity contribution in [2.45, 2.75) is 22.9 Å². The fourth-order valence-corrected chi connectivity index (χ4v) is 3.50. The normalized spacial score (nSPS) is 13.3. The van der Waals surface area contributed by atoms with E-state index < -0.39 is 61.5 Å². The van der Waals surface area contributed by atoms with Gasteiger partial charge < -0.3 is 10.4 Å². The van der Waals surface area contributed by atoms with Gasteiger partial charge in [0.2, 0.25) is 0 Å². The molecule has 0 unspecified atom stereocenters. The van der Waals surface area contributed by atoms with Crippen LogP contribution in [0.5, 0.6) is 5.75 Å². The molecule has 0 heterocycles. The smallest absolute Gasteiger partial charge is 0.460 e. The number of hydrogen-bond acceptors (Lipinski definition) is 6. The molecule has 16 heteroatoms. The molecule has 0 saturated heterocycles. The average Bonchev–Trinajstić information content (AvgIpc) is 2.77. The van der Waals surface area contributed by atoms with Gasteiger partial charge in [-0.2, -0.15) is 44.3 Å². The molecule has 0 aliphatic rings. The van der Waals surface area contributed by atoms with Crippen LogP contribution in [0.25, 0.3) is 10.8 Å². The summed E-state index contributed by atoms with van der Waals surface area (Å²) in [5.41, 5.74) is -1.38. The molecule has 0 fully saturated rings. The molecule has 0 aliphatic carbocycles. The number of hydrogen-bond donors (Lipinski definition) is 3. The molecule has 1 amide bonds. The maximum absolute atomic E-state index is 13.6. The number of amides is 1. The first-order chi connectivity index (χ1) is 16.5. The number of carbonyl (C=O) groups excluding carboxylic acids is 1. The Morgan fingerprint density at radius 3 is 2.06 bits per heavy atom. The van der Waals surface area contributed by atoms with Crippen LogP contribution in [0.15, 0.2) is 69.7 Å². The highest BCUT2D eigenvalue weighted by Gasteiger charge is 2.76. The van der Waals surface area contributed by atoms with Crippen molar-refractivity contribution in [1.82, 2.24) is 0 Å². The first-order valence-electron chi connectivity index (χ1n) is 9.34. The van der Waals surface area contributed by atoms with Crippen LogP contribution in [0.3, 0.4) is 0 Å². The monoisotopic (exact) mass is 539 g/mol. The van der Waals surface area contributed by atoms with E-state index >= 15 is 0 Å². The summed E-state index contributed by atoms with van der Waals surface area (Å²) in [6, 6.07) is 10.7. The lowest BCUT2D eigenvalue weighted by molar-refractivity contribution is -0.343. The van der Waals surface area contributed by atoms with E-state index in [2.05, 4.69) is 10.2 Å². The van der Waals surface area contributed by atoms with Gasteiger partial charge in [-0.05, 0) is 35.7 Å². The highest BCUT2D eigenvalue weighted by Crippen LogP contribution is 2.47. The van der Waals surface area contributed by atoms with Gasteiger partial charge in [0.05, 0.1) is 5.69 Å². The van der Waals surface area contributed by atoms with E-state index in [0.29, 0.717) is 6.07 Å². The second-order valence-electron chi connectivity index (χ2n) is 7.12. The molecular formula is C20H12F7N3O5S. The van der Waals surface area contributed by atoms with Crippen LogP contribution in [-0.2, 0) is 14.9 Å². The number of anilines is 1. The van der Waals surface area contributed by atoms with Crippen molar-refractivity contribution in [2.75, 3.05) is 5.32 Å². The Bertz CT molecular complexity index is 1460. The summed E-state index contributed by atoms with van der Waals surface area (Å²) in [5.74, 6) is -16.9. The molecule has 0 saturated carbocycles. The number of azo groups is 1. The number of fused-ring (bicyclic) bond motifs is 1. The van der Waals surface area contributed by atoms with Crippen molar-refractivity contribution in [1.29, 1.82) is 0 Å². The van der Waals surface area contributed by atoms with Crippen molar-refractivity contribution >= 4 is 43.9 Å². The first-order valence-corrected chi connectivity index (χ1v) is 10.8. The Balaban J connectivity index is 2.09. The molecule has 0 radical (unpaired) electrons. The zero-order chi connectivity index (χ0) is 27.1. The molecule has 192 valence electrons. The molecule has 3 rings (SSSR count). The predicted octanol–water partition coefficient (Wildman–Crippen LogP) is 5.98. The van der Waals surface area contributed by atoms with Gasteiger partial charge in [0.15, 0.2) is 5.75 Å². The molecule has 3 aromatic rings. The highest BCUT2D eigenvalue weighted by molar-refractivity contribution is 7.86. The van der Waals surface area contributed by atoms with Crippen LogP contribution in [0.2, 0.25) is 0 Å². The molecular weight excluding hydrogens is 527 g/mol. The third-order valence-corrected chi connectivity index (χ3v) is 5.51. The van der Waals surface area contributed by atoms with Crippen molar-refractivity contribution in [3.05, 3.63) is 54.6 Å². The van der Waals surface area contributed by atoms with E-state index in [1.165, 1.54) is 17.4 Å². The number of halogens is 7. The van der Waals surface area contributed by atoms with Gasteiger partial charge >= 0.3 is 23.9 Å². The lowest BCUT2D eigenvalue weighted by atomic mass is 10.1. The van der Waals surface area contributed by atoms with Gasteiger partial charge in [-0.1, -0.05) is 24.3 Å². The third-order valence-electron chi connectivity index (χ3n) is 4.65. The summed E-state index contributed by atoms with van der Waals surface area (Å²) >= 11 is 0. The Hall–Kier alpha value is -3.79. The first kappa shape index (κ1) is 26.8. The molecule has 0 atom stereocenters. The van der Waals surface area contributed by atoms with Crippen LogP contribution in [0, 0.1) is 0 Å². The number of aromatic hydroxyl groups is 1. The SMILES string of the molecule is O=C(Nc1ccc2cc(S(=O)(=O)O)c(N=Nc3ccccc3)c(O)c2c1)C(F)(F)C(F)(F)C(F)(F)F. The molecule has 8 nitrogen and oxygen atoms in total. The van der Waals surface area contributed by atoms with Gasteiger partial charge in [0.25, 0.3) is 10.1 Å². The number of carbonyl (C=O) groups is 1. The summed E-state index contributed by atoms with van der Waals surface area (Å²) in [6.07, 6.45) is -6.74. The van der Waals surface area contributed by atoms with Crippen LogP contribution in [0.1, 0.15) is 0 Å².